The van der Waals surface area contributed by atoms with Crippen molar-refractivity contribution >= 4 is 23.4 Å². The predicted octanol–water partition coefficient (Wildman–Crippen LogP) is 3.93. The van der Waals surface area contributed by atoms with Crippen LogP contribution in [0.1, 0.15) is 40.5 Å². The number of halogens is 1. The van der Waals surface area contributed by atoms with E-state index in [2.05, 4.69) is 10.6 Å². The maximum absolute atomic E-state index is 13.9. The number of hydrogen-bond acceptors (Lipinski definition) is 4. The van der Waals surface area contributed by atoms with Crippen molar-refractivity contribution in [2.24, 2.45) is 5.92 Å². The van der Waals surface area contributed by atoms with Crippen LogP contribution in [0.25, 0.3) is 0 Å². The van der Waals surface area contributed by atoms with Crippen LogP contribution in [0.4, 0.5) is 20.6 Å². The second-order valence-electron chi connectivity index (χ2n) is 7.23. The number of anilines is 2. The van der Waals surface area contributed by atoms with Crippen molar-refractivity contribution < 1.29 is 23.5 Å². The van der Waals surface area contributed by atoms with Gasteiger partial charge in [0.1, 0.15) is 17.5 Å². The summed E-state index contributed by atoms with van der Waals surface area (Å²) in [5.74, 6) is -0.386. The lowest BCUT2D eigenvalue weighted by molar-refractivity contribution is -0.126. The van der Waals surface area contributed by atoms with Crippen LogP contribution in [0, 0.1) is 11.7 Å². The quantitative estimate of drug-likeness (QED) is 0.813. The summed E-state index contributed by atoms with van der Waals surface area (Å²) in [5.41, 5.74) is -0.404. The normalized spacial score (nSPS) is 15.4. The molecule has 0 spiro atoms. The first-order valence-electron chi connectivity index (χ1n) is 8.36. The number of nitrogens with one attached hydrogen (secondary N) is 2. The molecule has 1 aromatic carbocycles. The van der Waals surface area contributed by atoms with Crippen molar-refractivity contribution in [3.63, 3.8) is 0 Å². The number of amides is 2. The molecule has 1 saturated carbocycles. The summed E-state index contributed by atoms with van der Waals surface area (Å²) in [6.45, 7) is 7.37. The van der Waals surface area contributed by atoms with Gasteiger partial charge in [0.25, 0.3) is 5.91 Å². The Morgan fingerprint density at radius 1 is 1.28 bits per heavy atom. The molecule has 1 aliphatic carbocycles. The summed E-state index contributed by atoms with van der Waals surface area (Å²) in [7, 11) is 0. The smallest absolute Gasteiger partial charge is 0.412 e. The lowest BCUT2D eigenvalue weighted by atomic mass is 10.2. The topological polar surface area (TPSA) is 76.7 Å². The third-order valence-corrected chi connectivity index (χ3v) is 3.52. The van der Waals surface area contributed by atoms with Crippen LogP contribution in [-0.4, -0.2) is 30.3 Å². The van der Waals surface area contributed by atoms with E-state index in [0.29, 0.717) is 18.2 Å². The van der Waals surface area contributed by atoms with E-state index in [1.807, 2.05) is 0 Å². The molecule has 0 aliphatic heterocycles. The van der Waals surface area contributed by atoms with Crippen molar-refractivity contribution in [2.45, 2.75) is 52.2 Å². The van der Waals surface area contributed by atoms with Gasteiger partial charge in [-0.1, -0.05) is 0 Å². The summed E-state index contributed by atoms with van der Waals surface area (Å²) in [4.78, 5) is 23.9. The van der Waals surface area contributed by atoms with Gasteiger partial charge in [0, 0.05) is 5.69 Å². The minimum atomic E-state index is -0.768. The Hall–Kier alpha value is -2.15. The number of ether oxygens (including phenoxy) is 2. The molecule has 1 aromatic rings. The first kappa shape index (κ1) is 19.2. The van der Waals surface area contributed by atoms with E-state index < -0.39 is 23.6 Å². The zero-order chi connectivity index (χ0) is 18.6. The van der Waals surface area contributed by atoms with E-state index >= 15 is 0 Å². The molecule has 2 rings (SSSR count). The molecule has 6 nitrogen and oxygen atoms in total. The highest BCUT2D eigenvalue weighted by molar-refractivity contribution is 5.95. The van der Waals surface area contributed by atoms with Gasteiger partial charge in [-0.05, 0) is 64.7 Å². The Kier molecular flexibility index (Phi) is 6.00. The maximum atomic E-state index is 13.9. The van der Waals surface area contributed by atoms with Gasteiger partial charge in [-0.15, -0.1) is 0 Å². The Balaban J connectivity index is 1.94. The fourth-order valence-corrected chi connectivity index (χ4v) is 2.00. The first-order valence-corrected chi connectivity index (χ1v) is 8.36. The maximum Gasteiger partial charge on any atom is 0.412 e. The number of rotatable bonds is 6. The number of carbonyl (C=O) groups is 2. The van der Waals surface area contributed by atoms with Gasteiger partial charge < -0.3 is 14.8 Å². The highest BCUT2D eigenvalue weighted by Crippen LogP contribution is 2.29. The zero-order valence-electron chi connectivity index (χ0n) is 15.0. The van der Waals surface area contributed by atoms with Crippen LogP contribution in [0.3, 0.4) is 0 Å². The molecule has 0 saturated heterocycles. The van der Waals surface area contributed by atoms with Gasteiger partial charge in [-0.2, -0.15) is 0 Å². The molecule has 0 heterocycles. The average molecular weight is 352 g/mol. The van der Waals surface area contributed by atoms with E-state index in [4.69, 9.17) is 9.47 Å². The predicted molar refractivity (Wildman–Crippen MR) is 93.0 cm³/mol. The largest absolute Gasteiger partial charge is 0.444 e. The van der Waals surface area contributed by atoms with Crippen LogP contribution in [-0.2, 0) is 14.3 Å². The minimum Gasteiger partial charge on any atom is -0.444 e. The van der Waals surface area contributed by atoms with Crippen molar-refractivity contribution in [2.75, 3.05) is 17.2 Å². The molecule has 1 aliphatic rings. The lowest BCUT2D eigenvalue weighted by Crippen LogP contribution is -2.29. The summed E-state index contributed by atoms with van der Waals surface area (Å²) in [6, 6.07) is 3.92. The van der Waals surface area contributed by atoms with Crippen LogP contribution >= 0.6 is 0 Å². The van der Waals surface area contributed by atoms with E-state index in [9.17, 15) is 14.0 Å². The molecule has 2 N–H and O–H groups in total. The Morgan fingerprint density at radius 3 is 2.56 bits per heavy atom. The summed E-state index contributed by atoms with van der Waals surface area (Å²) in [6.07, 6.45) is 0.918. The minimum absolute atomic E-state index is 0.0707. The van der Waals surface area contributed by atoms with Crippen LogP contribution in [0.5, 0.6) is 0 Å². The van der Waals surface area contributed by atoms with Crippen molar-refractivity contribution in [3.05, 3.63) is 24.0 Å². The molecule has 1 atom stereocenters. The third kappa shape index (κ3) is 6.70. The summed E-state index contributed by atoms with van der Waals surface area (Å²) in [5, 5.41) is 4.99. The zero-order valence-corrected chi connectivity index (χ0v) is 15.0. The summed E-state index contributed by atoms with van der Waals surface area (Å²) < 4.78 is 24.5. The Labute approximate surface area is 147 Å². The highest BCUT2D eigenvalue weighted by Gasteiger charge is 2.24. The number of hydrogen-bond donors (Lipinski definition) is 2. The Morgan fingerprint density at radius 2 is 1.96 bits per heavy atom. The standard InChI is InChI=1S/C18H25FN2O4/c1-11(24-10-12-5-6-12)16(22)20-13-7-8-14(19)15(9-13)21-17(23)25-18(2,3)4/h7-9,11-12H,5-6,10H2,1-4H3,(H,20,22)(H,21,23). The second-order valence-corrected chi connectivity index (χ2v) is 7.23. The van der Waals surface area contributed by atoms with Crippen LogP contribution < -0.4 is 10.6 Å². The Bertz CT molecular complexity index is 638. The van der Waals surface area contributed by atoms with Crippen LogP contribution in [0.15, 0.2) is 18.2 Å². The van der Waals surface area contributed by atoms with E-state index in [0.717, 1.165) is 18.9 Å². The monoisotopic (exact) mass is 352 g/mol. The second kappa shape index (κ2) is 7.82. The fraction of sp³-hybridized carbons (Fsp3) is 0.556. The van der Waals surface area contributed by atoms with Crippen molar-refractivity contribution in [1.29, 1.82) is 0 Å². The van der Waals surface area contributed by atoms with Crippen molar-refractivity contribution in [3.8, 4) is 0 Å². The SMILES string of the molecule is CC(OCC1CC1)C(=O)Nc1ccc(F)c(NC(=O)OC(C)(C)C)c1. The molecule has 7 heteroatoms. The highest BCUT2D eigenvalue weighted by atomic mass is 19.1. The van der Waals surface area contributed by atoms with Crippen molar-refractivity contribution in [1.82, 2.24) is 0 Å². The van der Waals surface area contributed by atoms with E-state index in [1.54, 1.807) is 27.7 Å². The molecule has 2 amide bonds. The molecule has 0 bridgehead atoms. The molecule has 1 fully saturated rings. The van der Waals surface area contributed by atoms with Gasteiger partial charge in [-0.3, -0.25) is 10.1 Å². The fourth-order valence-electron chi connectivity index (χ4n) is 2.00. The molecular weight excluding hydrogens is 327 g/mol. The number of benzene rings is 1. The average Bonchev–Trinajstić information content (AvgIpc) is 3.30. The first-order chi connectivity index (χ1) is 11.6. The molecule has 1 unspecified atom stereocenters. The van der Waals surface area contributed by atoms with E-state index in [-0.39, 0.29) is 11.6 Å². The van der Waals surface area contributed by atoms with E-state index in [1.165, 1.54) is 12.1 Å². The lowest BCUT2D eigenvalue weighted by Gasteiger charge is -2.20. The molecule has 0 aromatic heterocycles. The molecule has 138 valence electrons. The summed E-state index contributed by atoms with van der Waals surface area (Å²) >= 11 is 0. The van der Waals surface area contributed by atoms with Gasteiger partial charge in [0.2, 0.25) is 0 Å². The number of carbonyl (C=O) groups excluding carboxylic acids is 2. The van der Waals surface area contributed by atoms with Crippen LogP contribution in [0.2, 0.25) is 0 Å². The van der Waals surface area contributed by atoms with Gasteiger partial charge in [-0.25, -0.2) is 9.18 Å². The van der Waals surface area contributed by atoms with Gasteiger partial charge in [0.15, 0.2) is 0 Å². The van der Waals surface area contributed by atoms with Gasteiger partial charge >= 0.3 is 6.09 Å². The molecular formula is C18H25FN2O4. The molecule has 25 heavy (non-hydrogen) atoms. The van der Waals surface area contributed by atoms with Gasteiger partial charge in [0.05, 0.1) is 12.3 Å². The third-order valence-electron chi connectivity index (χ3n) is 3.52. The molecule has 0 radical (unpaired) electrons.